The summed E-state index contributed by atoms with van der Waals surface area (Å²) in [6.45, 7) is 0. The molecule has 0 aromatic heterocycles. The van der Waals surface area contributed by atoms with Gasteiger partial charge in [0, 0.05) is 12.8 Å². The third kappa shape index (κ3) is 1.83. The summed E-state index contributed by atoms with van der Waals surface area (Å²) in [5.74, 6) is -0.0864. The van der Waals surface area contributed by atoms with E-state index >= 15 is 0 Å². The van der Waals surface area contributed by atoms with Gasteiger partial charge < -0.3 is 0 Å². The molecule has 1 aliphatic carbocycles. The average molecular weight is 217 g/mol. The van der Waals surface area contributed by atoms with E-state index in [1.165, 1.54) is 12.1 Å². The topological polar surface area (TPSA) is 40.9 Å². The van der Waals surface area contributed by atoms with Crippen LogP contribution in [-0.2, 0) is 10.2 Å². The van der Waals surface area contributed by atoms with Crippen LogP contribution in [0.4, 0.5) is 4.39 Å². The number of hydrogen-bond donors (Lipinski definition) is 0. The van der Waals surface area contributed by atoms with Crippen molar-refractivity contribution in [2.24, 2.45) is 0 Å². The highest BCUT2D eigenvalue weighted by Crippen LogP contribution is 2.37. The molecule has 1 aromatic carbocycles. The molecule has 2 nitrogen and oxygen atoms in total. The molecule has 0 amide bonds. The summed E-state index contributed by atoms with van der Waals surface area (Å²) in [7, 11) is 0. The first-order valence-electron chi connectivity index (χ1n) is 5.35. The lowest BCUT2D eigenvalue weighted by Gasteiger charge is -2.30. The summed E-state index contributed by atoms with van der Waals surface area (Å²) in [5, 5.41) is 9.30. The van der Waals surface area contributed by atoms with Crippen LogP contribution in [0.5, 0.6) is 0 Å². The minimum atomic E-state index is -0.596. The molecule has 0 radical (unpaired) electrons. The van der Waals surface area contributed by atoms with E-state index < -0.39 is 5.41 Å². The Labute approximate surface area is 93.7 Å². The fraction of sp³-hybridized carbons (Fsp3) is 0.385. The Bertz CT molecular complexity index is 434. The zero-order valence-corrected chi connectivity index (χ0v) is 8.87. The molecule has 1 fully saturated rings. The molecule has 0 N–H and O–H groups in total. The van der Waals surface area contributed by atoms with Crippen LogP contribution in [0, 0.1) is 17.1 Å². The lowest BCUT2D eigenvalue weighted by Crippen LogP contribution is -2.30. The van der Waals surface area contributed by atoms with Crippen molar-refractivity contribution in [3.05, 3.63) is 35.6 Å². The molecule has 82 valence electrons. The van der Waals surface area contributed by atoms with Crippen LogP contribution in [-0.4, -0.2) is 5.78 Å². The Balaban J connectivity index is 2.32. The maximum absolute atomic E-state index is 12.8. The highest BCUT2D eigenvalue weighted by Gasteiger charge is 2.36. The van der Waals surface area contributed by atoms with Crippen LogP contribution in [0.1, 0.15) is 31.2 Å². The van der Waals surface area contributed by atoms with E-state index in [1.54, 1.807) is 12.1 Å². The number of carbonyl (C=O) groups excluding carboxylic acids is 1. The van der Waals surface area contributed by atoms with Crippen molar-refractivity contribution >= 4 is 5.78 Å². The Morgan fingerprint density at radius 3 is 2.25 bits per heavy atom. The largest absolute Gasteiger partial charge is 0.300 e. The van der Waals surface area contributed by atoms with Gasteiger partial charge in [0.2, 0.25) is 0 Å². The molecule has 16 heavy (non-hydrogen) atoms. The molecule has 0 saturated heterocycles. The first kappa shape index (κ1) is 10.8. The van der Waals surface area contributed by atoms with Crippen molar-refractivity contribution in [2.75, 3.05) is 0 Å². The lowest BCUT2D eigenvalue weighted by atomic mass is 9.70. The second kappa shape index (κ2) is 4.05. The summed E-state index contributed by atoms with van der Waals surface area (Å²) in [6, 6.07) is 8.33. The molecule has 1 saturated carbocycles. The first-order valence-corrected chi connectivity index (χ1v) is 5.35. The Kier molecular flexibility index (Phi) is 2.74. The van der Waals surface area contributed by atoms with Crippen molar-refractivity contribution < 1.29 is 9.18 Å². The molecule has 0 unspecified atom stereocenters. The smallest absolute Gasteiger partial charge is 0.133 e. The zero-order valence-electron chi connectivity index (χ0n) is 8.87. The number of benzene rings is 1. The van der Waals surface area contributed by atoms with Gasteiger partial charge >= 0.3 is 0 Å². The van der Waals surface area contributed by atoms with Gasteiger partial charge in [-0.2, -0.15) is 5.26 Å². The monoisotopic (exact) mass is 217 g/mol. The molecule has 1 aromatic rings. The number of nitriles is 1. The average Bonchev–Trinajstić information content (AvgIpc) is 2.32. The predicted molar refractivity (Wildman–Crippen MR) is 57.2 cm³/mol. The normalized spacial score (nSPS) is 19.1. The standard InChI is InChI=1S/C13H12FNO/c14-11-3-1-10(2-4-11)13(9-15)7-5-12(16)6-8-13/h1-4H,5-8H2. The number of hydrogen-bond acceptors (Lipinski definition) is 2. The fourth-order valence-electron chi connectivity index (χ4n) is 2.19. The van der Waals surface area contributed by atoms with E-state index in [1.807, 2.05) is 0 Å². The van der Waals surface area contributed by atoms with Crippen LogP contribution in [0.25, 0.3) is 0 Å². The molecule has 1 aliphatic rings. The van der Waals surface area contributed by atoms with Crippen LogP contribution in [0.3, 0.4) is 0 Å². The third-order valence-corrected chi connectivity index (χ3v) is 3.27. The van der Waals surface area contributed by atoms with Crippen LogP contribution in [0.15, 0.2) is 24.3 Å². The SMILES string of the molecule is N#CC1(c2ccc(F)cc2)CCC(=O)CC1. The Morgan fingerprint density at radius 1 is 1.19 bits per heavy atom. The third-order valence-electron chi connectivity index (χ3n) is 3.27. The maximum Gasteiger partial charge on any atom is 0.133 e. The lowest BCUT2D eigenvalue weighted by molar-refractivity contribution is -0.120. The second-order valence-corrected chi connectivity index (χ2v) is 4.24. The van der Waals surface area contributed by atoms with Gasteiger partial charge in [0.05, 0.1) is 11.5 Å². The van der Waals surface area contributed by atoms with Crippen LogP contribution in [0.2, 0.25) is 0 Å². The molecular formula is C13H12FNO. The van der Waals surface area contributed by atoms with Crippen molar-refractivity contribution in [3.8, 4) is 6.07 Å². The van der Waals surface area contributed by atoms with Gasteiger partial charge in [0.1, 0.15) is 11.6 Å². The van der Waals surface area contributed by atoms with Gasteiger partial charge in [-0.15, -0.1) is 0 Å². The molecule has 0 aliphatic heterocycles. The number of Topliss-reactive ketones (excluding diaryl/α,β-unsaturated/α-hetero) is 1. The molecular weight excluding hydrogens is 205 g/mol. The van der Waals surface area contributed by atoms with E-state index in [4.69, 9.17) is 0 Å². The molecule has 0 atom stereocenters. The quantitative estimate of drug-likeness (QED) is 0.725. The van der Waals surface area contributed by atoms with E-state index in [-0.39, 0.29) is 11.6 Å². The summed E-state index contributed by atoms with van der Waals surface area (Å²) in [4.78, 5) is 11.2. The zero-order chi connectivity index (χ0) is 11.6. The van der Waals surface area contributed by atoms with Gasteiger partial charge in [-0.1, -0.05) is 12.1 Å². The van der Waals surface area contributed by atoms with Gasteiger partial charge in [-0.3, -0.25) is 4.79 Å². The van der Waals surface area contributed by atoms with Gasteiger partial charge in [-0.05, 0) is 30.5 Å². The summed E-state index contributed by atoms with van der Waals surface area (Å²) < 4.78 is 12.8. The van der Waals surface area contributed by atoms with Crippen LogP contribution < -0.4 is 0 Å². The minimum absolute atomic E-state index is 0.216. The van der Waals surface area contributed by atoms with Gasteiger partial charge in [0.15, 0.2) is 0 Å². The van der Waals surface area contributed by atoms with E-state index in [9.17, 15) is 14.4 Å². The summed E-state index contributed by atoms with van der Waals surface area (Å²) >= 11 is 0. The highest BCUT2D eigenvalue weighted by atomic mass is 19.1. The summed E-state index contributed by atoms with van der Waals surface area (Å²) in [5.41, 5.74) is 0.227. The predicted octanol–water partition coefficient (Wildman–Crippen LogP) is 2.73. The number of carbonyl (C=O) groups is 1. The fourth-order valence-corrected chi connectivity index (χ4v) is 2.19. The van der Waals surface area contributed by atoms with Gasteiger partial charge in [0.25, 0.3) is 0 Å². The van der Waals surface area contributed by atoms with Crippen molar-refractivity contribution in [1.82, 2.24) is 0 Å². The molecule has 0 heterocycles. The highest BCUT2D eigenvalue weighted by molar-refractivity contribution is 5.80. The Morgan fingerprint density at radius 2 is 1.75 bits per heavy atom. The second-order valence-electron chi connectivity index (χ2n) is 4.24. The number of nitrogens with zero attached hydrogens (tertiary/aromatic N) is 1. The summed E-state index contributed by atoms with van der Waals surface area (Å²) in [6.07, 6.45) is 2.00. The van der Waals surface area contributed by atoms with E-state index in [0.717, 1.165) is 5.56 Å². The first-order chi connectivity index (χ1) is 7.66. The number of halogens is 1. The molecule has 0 spiro atoms. The van der Waals surface area contributed by atoms with Crippen molar-refractivity contribution in [1.29, 1.82) is 5.26 Å². The minimum Gasteiger partial charge on any atom is -0.300 e. The maximum atomic E-state index is 12.8. The molecule has 3 heteroatoms. The molecule has 2 rings (SSSR count). The van der Waals surface area contributed by atoms with E-state index in [2.05, 4.69) is 6.07 Å². The van der Waals surface area contributed by atoms with Gasteiger partial charge in [-0.25, -0.2) is 4.39 Å². The Hall–Kier alpha value is -1.69. The number of rotatable bonds is 1. The van der Waals surface area contributed by atoms with Crippen LogP contribution >= 0.6 is 0 Å². The van der Waals surface area contributed by atoms with Crippen molar-refractivity contribution in [3.63, 3.8) is 0 Å². The van der Waals surface area contributed by atoms with E-state index in [0.29, 0.717) is 25.7 Å². The number of ketones is 1. The van der Waals surface area contributed by atoms with Crippen molar-refractivity contribution in [2.45, 2.75) is 31.1 Å². The molecule has 0 bridgehead atoms.